The lowest BCUT2D eigenvalue weighted by molar-refractivity contribution is 0.218. The molecule has 10 nitrogen and oxygen atoms in total. The maximum absolute atomic E-state index is 9.05. The minimum atomic E-state index is -1.81. The minimum Gasteiger partial charge on any atom is -0.497 e. The van der Waals surface area contributed by atoms with Crippen molar-refractivity contribution < 1.29 is 19.0 Å². The van der Waals surface area contributed by atoms with Gasteiger partial charge in [-0.3, -0.25) is 0 Å². The monoisotopic (exact) mass is 598 g/mol. The first kappa shape index (κ1) is 34.9. The van der Waals surface area contributed by atoms with E-state index in [0.717, 1.165) is 34.0 Å². The number of nitrogens with zero attached hydrogens (tertiary/aromatic N) is 4. The lowest BCUT2D eigenvalue weighted by Gasteiger charge is -2.39. The first-order chi connectivity index (χ1) is 19.5. The molecule has 0 aliphatic rings. The van der Waals surface area contributed by atoms with Crippen LogP contribution in [-0.2, 0) is 21.8 Å². The summed E-state index contributed by atoms with van der Waals surface area (Å²) in [6.45, 7) is 20.9. The average Bonchev–Trinajstić information content (AvgIpc) is 2.95. The molecule has 0 aliphatic carbocycles. The lowest BCUT2D eigenvalue weighted by atomic mass is 9.87. The summed E-state index contributed by atoms with van der Waals surface area (Å²) < 4.78 is 17.2. The Morgan fingerprint density at radius 1 is 0.857 bits per heavy atom. The molecule has 0 saturated heterocycles. The van der Waals surface area contributed by atoms with Crippen molar-refractivity contribution in [1.82, 2.24) is 20.4 Å². The number of hydrogen-bond acceptors (Lipinski definition) is 10. The largest absolute Gasteiger partial charge is 0.497 e. The zero-order chi connectivity index (χ0) is 31.8. The molecular formula is C31H50N6O4Si. The number of anilines is 2. The highest BCUT2D eigenvalue weighted by Gasteiger charge is 2.38. The highest BCUT2D eigenvalue weighted by Crippen LogP contribution is 2.38. The maximum Gasteiger partial charge on any atom is 0.192 e. The van der Waals surface area contributed by atoms with Gasteiger partial charge in [0.2, 0.25) is 0 Å². The molecule has 3 rings (SSSR count). The molecule has 0 atom stereocenters. The van der Waals surface area contributed by atoms with Gasteiger partial charge in [0.25, 0.3) is 0 Å². The van der Waals surface area contributed by atoms with E-state index in [2.05, 4.69) is 79.5 Å². The van der Waals surface area contributed by atoms with E-state index in [1.165, 1.54) is 0 Å². The van der Waals surface area contributed by atoms with Gasteiger partial charge < -0.3 is 30.1 Å². The lowest BCUT2D eigenvalue weighted by Crippen LogP contribution is -2.44. The second kappa shape index (κ2) is 14.3. The van der Waals surface area contributed by atoms with Gasteiger partial charge in [-0.1, -0.05) is 48.5 Å². The molecule has 1 aromatic carbocycles. The Kier molecular flexibility index (Phi) is 11.9. The molecule has 42 heavy (non-hydrogen) atoms. The number of aliphatic hydroxyl groups is 1. The van der Waals surface area contributed by atoms with Crippen LogP contribution >= 0.6 is 0 Å². The quantitative estimate of drug-likeness (QED) is 0.234. The van der Waals surface area contributed by atoms with Crippen molar-refractivity contribution in [3.05, 3.63) is 59.4 Å². The maximum atomic E-state index is 9.05. The van der Waals surface area contributed by atoms with Gasteiger partial charge in [-0.15, -0.1) is 10.2 Å². The third-order valence-corrected chi connectivity index (χ3v) is 12.3. The van der Waals surface area contributed by atoms with Gasteiger partial charge in [0, 0.05) is 35.6 Å². The Labute approximate surface area is 252 Å². The van der Waals surface area contributed by atoms with Crippen molar-refractivity contribution in [1.29, 1.82) is 0 Å². The first-order valence-corrected chi connectivity index (χ1v) is 17.0. The highest BCUT2D eigenvalue weighted by molar-refractivity contribution is 6.74. The number of methoxy groups -OCH3 is 2. The average molecular weight is 599 g/mol. The molecule has 0 spiro atoms. The normalized spacial score (nSPS) is 12.3. The fourth-order valence-electron chi connectivity index (χ4n) is 3.51. The van der Waals surface area contributed by atoms with Crippen LogP contribution in [0.15, 0.2) is 42.7 Å². The first-order valence-electron chi connectivity index (χ1n) is 14.1. The van der Waals surface area contributed by atoms with Gasteiger partial charge in [0.05, 0.1) is 33.2 Å². The van der Waals surface area contributed by atoms with Crippen molar-refractivity contribution in [3.63, 3.8) is 0 Å². The molecule has 0 radical (unpaired) electrons. The highest BCUT2D eigenvalue weighted by atomic mass is 28.4. The summed E-state index contributed by atoms with van der Waals surface area (Å²) in [4.78, 5) is 0. The molecule has 0 unspecified atom stereocenters. The Balaban J connectivity index is 0.000000428. The van der Waals surface area contributed by atoms with E-state index in [1.807, 2.05) is 38.2 Å². The van der Waals surface area contributed by atoms with E-state index in [4.69, 9.17) is 24.7 Å². The van der Waals surface area contributed by atoms with E-state index in [-0.39, 0.29) is 22.5 Å². The smallest absolute Gasteiger partial charge is 0.192 e. The van der Waals surface area contributed by atoms with Crippen molar-refractivity contribution >= 4 is 20.0 Å². The predicted molar refractivity (Wildman–Crippen MR) is 172 cm³/mol. The van der Waals surface area contributed by atoms with Gasteiger partial charge in [-0.25, -0.2) is 0 Å². The Hall–Kier alpha value is -3.28. The molecule has 11 heteroatoms. The van der Waals surface area contributed by atoms with Crippen molar-refractivity contribution in [2.75, 3.05) is 38.5 Å². The van der Waals surface area contributed by atoms with Crippen LogP contribution in [0.5, 0.6) is 11.5 Å². The molecule has 0 aliphatic heterocycles. The minimum absolute atomic E-state index is 0.0676. The number of rotatable bonds is 11. The molecule has 3 aromatic rings. The number of ether oxygens (including phenoxy) is 2. The van der Waals surface area contributed by atoms with E-state index >= 15 is 0 Å². The molecule has 0 saturated carbocycles. The number of aromatic nitrogens is 4. The van der Waals surface area contributed by atoms with Crippen LogP contribution in [-0.4, -0.2) is 61.3 Å². The Bertz CT molecular complexity index is 1290. The zero-order valence-corrected chi connectivity index (χ0v) is 28.2. The molecule has 4 N–H and O–H groups in total. The summed E-state index contributed by atoms with van der Waals surface area (Å²) in [5, 5.41) is 28.4. The molecule has 2 heterocycles. The summed E-state index contributed by atoms with van der Waals surface area (Å²) in [6.07, 6.45) is 3.45. The van der Waals surface area contributed by atoms with Crippen molar-refractivity contribution in [3.8, 4) is 11.5 Å². The topological polar surface area (TPSA) is 138 Å². The van der Waals surface area contributed by atoms with Gasteiger partial charge in [0.15, 0.2) is 8.32 Å². The van der Waals surface area contributed by atoms with Crippen LogP contribution in [0.25, 0.3) is 0 Å². The molecule has 0 amide bonds. The summed E-state index contributed by atoms with van der Waals surface area (Å²) >= 11 is 0. The third kappa shape index (κ3) is 9.64. The van der Waals surface area contributed by atoms with Gasteiger partial charge >= 0.3 is 0 Å². The number of nitrogen functional groups attached to an aromatic ring is 1. The van der Waals surface area contributed by atoms with E-state index in [1.54, 1.807) is 26.5 Å². The summed E-state index contributed by atoms with van der Waals surface area (Å²) in [6, 6.07) is 9.56. The second-order valence-corrected chi connectivity index (χ2v) is 18.0. The van der Waals surface area contributed by atoms with E-state index < -0.39 is 8.32 Å². The number of nitrogens with one attached hydrogen (secondary N) is 1. The zero-order valence-electron chi connectivity index (χ0n) is 27.2. The predicted octanol–water partition coefficient (Wildman–Crippen LogP) is 5.73. The summed E-state index contributed by atoms with van der Waals surface area (Å²) in [7, 11) is 1.48. The number of hydrogen-bond donors (Lipinski definition) is 3. The van der Waals surface area contributed by atoms with Crippen LogP contribution in [0, 0.1) is 0 Å². The van der Waals surface area contributed by atoms with Gasteiger partial charge in [-0.05, 0) is 53.5 Å². The van der Waals surface area contributed by atoms with Crippen molar-refractivity contribution in [2.24, 2.45) is 0 Å². The van der Waals surface area contributed by atoms with Crippen LogP contribution < -0.4 is 20.5 Å². The molecule has 0 bridgehead atoms. The Morgan fingerprint density at radius 2 is 1.48 bits per heavy atom. The number of nitrogens with two attached hydrogens (primary N) is 1. The van der Waals surface area contributed by atoms with Crippen molar-refractivity contribution in [2.45, 2.75) is 84.0 Å². The van der Waals surface area contributed by atoms with Crippen LogP contribution in [0.2, 0.25) is 18.1 Å². The molecule has 232 valence electrons. The standard InChI is InChI=1S/C23H37N3O3Si.C8H13N3O/c1-22(2,3)30(8,9)29-16-23(4,5)18-12-21(26-25-15-18)24-14-17-10-11-19(27-6)13-20(17)28-7;1-8(2,5-12)6-3-7(9)11-10-4-6/h10-13,15H,14,16H2,1-9H3,(H,24,26);3-4,12H,5H2,1-2H3,(H2,9,11). The van der Waals surface area contributed by atoms with Gasteiger partial charge in [0.1, 0.15) is 23.1 Å². The van der Waals surface area contributed by atoms with E-state index in [9.17, 15) is 0 Å². The van der Waals surface area contributed by atoms with Crippen LogP contribution in [0.4, 0.5) is 11.6 Å². The number of aliphatic hydroxyl groups excluding tert-OH is 1. The van der Waals surface area contributed by atoms with E-state index in [0.29, 0.717) is 19.0 Å². The Morgan fingerprint density at radius 3 is 2.02 bits per heavy atom. The number of benzene rings is 1. The second-order valence-electron chi connectivity index (χ2n) is 13.2. The molecule has 0 fully saturated rings. The third-order valence-electron chi connectivity index (χ3n) is 7.84. The fraction of sp³-hybridized carbons (Fsp3) is 0.548. The van der Waals surface area contributed by atoms with Crippen LogP contribution in [0.1, 0.15) is 65.2 Å². The summed E-state index contributed by atoms with van der Waals surface area (Å²) in [5.74, 6) is 2.65. The molecular weight excluding hydrogens is 548 g/mol. The van der Waals surface area contributed by atoms with Crippen LogP contribution in [0.3, 0.4) is 0 Å². The SMILES string of the molecule is CC(C)(CO)c1cnnc(N)c1.COc1ccc(CNc2cc(C(C)(C)CO[Si](C)(C)C(C)(C)C)cnn2)c(OC)c1. The fourth-order valence-corrected chi connectivity index (χ4v) is 4.67. The molecule has 2 aromatic heterocycles. The summed E-state index contributed by atoms with van der Waals surface area (Å²) in [5.41, 5.74) is 8.00. The van der Waals surface area contributed by atoms with Gasteiger partial charge in [-0.2, -0.15) is 10.2 Å².